The monoisotopic (exact) mass is 328 g/mol. The number of hydrogen-bond donors (Lipinski definition) is 0. The maximum atomic E-state index is 12.6. The third kappa shape index (κ3) is 3.27. The zero-order valence-corrected chi connectivity index (χ0v) is 14.4. The number of fused-ring (bicyclic) bond motifs is 1. The van der Waals surface area contributed by atoms with Gasteiger partial charge in [-0.1, -0.05) is 25.0 Å². The van der Waals surface area contributed by atoms with Crippen molar-refractivity contribution in [3.05, 3.63) is 29.3 Å². The van der Waals surface area contributed by atoms with Crippen molar-refractivity contribution >= 4 is 27.5 Å². The molecule has 1 aromatic heterocycles. The molecule has 1 aliphatic carbocycles. The van der Waals surface area contributed by atoms with Gasteiger partial charge in [0.05, 0.1) is 15.2 Å². The van der Waals surface area contributed by atoms with Crippen molar-refractivity contribution in [2.24, 2.45) is 5.92 Å². The molecular formula is C19H24N2OS. The SMILES string of the molecule is O=C(CC1CCCC1)N1CCC[C@H](c2nc3ccccc3s2)C1. The molecule has 3 nitrogen and oxygen atoms in total. The van der Waals surface area contributed by atoms with E-state index < -0.39 is 0 Å². The van der Waals surface area contributed by atoms with Gasteiger partial charge in [0.25, 0.3) is 0 Å². The average Bonchev–Trinajstić information content (AvgIpc) is 3.24. The molecule has 1 aromatic carbocycles. The van der Waals surface area contributed by atoms with Crippen molar-refractivity contribution in [3.8, 4) is 0 Å². The van der Waals surface area contributed by atoms with Gasteiger partial charge in [-0.2, -0.15) is 0 Å². The highest BCUT2D eigenvalue weighted by Gasteiger charge is 2.28. The lowest BCUT2D eigenvalue weighted by atomic mass is 9.97. The summed E-state index contributed by atoms with van der Waals surface area (Å²) in [7, 11) is 0. The maximum absolute atomic E-state index is 12.6. The van der Waals surface area contributed by atoms with E-state index in [1.807, 2.05) is 6.07 Å². The van der Waals surface area contributed by atoms with E-state index in [0.717, 1.165) is 37.9 Å². The topological polar surface area (TPSA) is 33.2 Å². The lowest BCUT2D eigenvalue weighted by Crippen LogP contribution is -2.39. The van der Waals surface area contributed by atoms with Crippen LogP contribution in [0, 0.1) is 5.92 Å². The number of hydrogen-bond acceptors (Lipinski definition) is 3. The standard InChI is InChI=1S/C19H24N2OS/c22-18(12-14-6-1-2-7-14)21-11-5-8-15(13-21)19-20-16-9-3-4-10-17(16)23-19/h3-4,9-10,14-15H,1-2,5-8,11-13H2/t15-/m0/s1. The molecule has 0 unspecified atom stereocenters. The van der Waals surface area contributed by atoms with Crippen LogP contribution in [0.5, 0.6) is 0 Å². The van der Waals surface area contributed by atoms with E-state index in [2.05, 4.69) is 23.1 Å². The van der Waals surface area contributed by atoms with Gasteiger partial charge in [0.15, 0.2) is 0 Å². The first-order valence-corrected chi connectivity index (χ1v) is 9.74. The summed E-state index contributed by atoms with van der Waals surface area (Å²) in [4.78, 5) is 19.5. The molecule has 2 fully saturated rings. The van der Waals surface area contributed by atoms with Crippen molar-refractivity contribution < 1.29 is 4.79 Å². The Bertz CT molecular complexity index is 656. The lowest BCUT2D eigenvalue weighted by Gasteiger charge is -2.32. The van der Waals surface area contributed by atoms with Crippen molar-refractivity contribution in [1.29, 1.82) is 0 Å². The molecule has 0 N–H and O–H groups in total. The number of carbonyl (C=O) groups excluding carboxylic acids is 1. The second kappa shape index (κ2) is 6.60. The number of benzene rings is 1. The molecule has 4 rings (SSSR count). The molecule has 1 amide bonds. The summed E-state index contributed by atoms with van der Waals surface area (Å²) in [5, 5.41) is 1.21. The predicted octanol–water partition coefficient (Wildman–Crippen LogP) is 4.58. The predicted molar refractivity (Wildman–Crippen MR) is 94.8 cm³/mol. The van der Waals surface area contributed by atoms with Gasteiger partial charge in [0.2, 0.25) is 5.91 Å². The van der Waals surface area contributed by atoms with E-state index in [4.69, 9.17) is 4.98 Å². The van der Waals surface area contributed by atoms with Crippen LogP contribution in [-0.2, 0) is 4.79 Å². The zero-order chi connectivity index (χ0) is 15.6. The minimum atomic E-state index is 0.378. The smallest absolute Gasteiger partial charge is 0.222 e. The van der Waals surface area contributed by atoms with E-state index in [1.54, 1.807) is 11.3 Å². The summed E-state index contributed by atoms with van der Waals surface area (Å²) < 4.78 is 1.26. The van der Waals surface area contributed by atoms with Gasteiger partial charge in [0.1, 0.15) is 0 Å². The maximum Gasteiger partial charge on any atom is 0.222 e. The van der Waals surface area contributed by atoms with E-state index in [-0.39, 0.29) is 0 Å². The number of para-hydroxylation sites is 1. The van der Waals surface area contributed by atoms with Gasteiger partial charge in [-0.15, -0.1) is 11.3 Å². The molecule has 2 heterocycles. The first-order valence-electron chi connectivity index (χ1n) is 8.93. The highest BCUT2D eigenvalue weighted by molar-refractivity contribution is 7.18. The number of likely N-dealkylation sites (tertiary alicyclic amines) is 1. The number of amides is 1. The summed E-state index contributed by atoms with van der Waals surface area (Å²) in [6.45, 7) is 1.80. The number of nitrogens with zero attached hydrogens (tertiary/aromatic N) is 2. The van der Waals surface area contributed by atoms with Crippen LogP contribution in [0.3, 0.4) is 0 Å². The molecule has 0 bridgehead atoms. The molecule has 1 atom stereocenters. The van der Waals surface area contributed by atoms with Crippen LogP contribution < -0.4 is 0 Å². The number of piperidine rings is 1. The van der Waals surface area contributed by atoms with Crippen LogP contribution in [-0.4, -0.2) is 28.9 Å². The van der Waals surface area contributed by atoms with Crippen molar-refractivity contribution in [2.75, 3.05) is 13.1 Å². The molecular weight excluding hydrogens is 304 g/mol. The first-order chi connectivity index (χ1) is 11.3. The van der Waals surface area contributed by atoms with Crippen LogP contribution in [0.15, 0.2) is 24.3 Å². The zero-order valence-electron chi connectivity index (χ0n) is 13.5. The molecule has 1 saturated heterocycles. The molecule has 1 saturated carbocycles. The Balaban J connectivity index is 1.44. The Kier molecular flexibility index (Phi) is 4.34. The lowest BCUT2D eigenvalue weighted by molar-refractivity contribution is -0.133. The number of thiazole rings is 1. The number of carbonyl (C=O) groups is 1. The molecule has 0 spiro atoms. The highest BCUT2D eigenvalue weighted by Crippen LogP contribution is 2.34. The second-order valence-corrected chi connectivity index (χ2v) is 8.12. The molecule has 2 aliphatic rings. The summed E-state index contributed by atoms with van der Waals surface area (Å²) >= 11 is 1.80. The molecule has 0 radical (unpaired) electrons. The second-order valence-electron chi connectivity index (χ2n) is 7.05. The normalized spacial score (nSPS) is 22.8. The fraction of sp³-hybridized carbons (Fsp3) is 0.579. The molecule has 2 aromatic rings. The molecule has 1 aliphatic heterocycles. The van der Waals surface area contributed by atoms with Crippen LogP contribution >= 0.6 is 11.3 Å². The minimum absolute atomic E-state index is 0.378. The number of rotatable bonds is 3. The van der Waals surface area contributed by atoms with Gasteiger partial charge < -0.3 is 4.90 Å². The Morgan fingerprint density at radius 1 is 1.17 bits per heavy atom. The molecule has 4 heteroatoms. The average molecular weight is 328 g/mol. The minimum Gasteiger partial charge on any atom is -0.342 e. The highest BCUT2D eigenvalue weighted by atomic mass is 32.1. The molecule has 122 valence electrons. The van der Waals surface area contributed by atoms with Crippen molar-refractivity contribution in [3.63, 3.8) is 0 Å². The Morgan fingerprint density at radius 3 is 2.83 bits per heavy atom. The van der Waals surface area contributed by atoms with Gasteiger partial charge in [0, 0.05) is 25.4 Å². The number of aromatic nitrogens is 1. The van der Waals surface area contributed by atoms with E-state index in [0.29, 0.717) is 17.7 Å². The Morgan fingerprint density at radius 2 is 2.00 bits per heavy atom. The molecule has 23 heavy (non-hydrogen) atoms. The van der Waals surface area contributed by atoms with Crippen LogP contribution in [0.25, 0.3) is 10.2 Å². The van der Waals surface area contributed by atoms with Gasteiger partial charge in [-0.25, -0.2) is 4.98 Å². The Labute approximate surface area is 141 Å². The largest absolute Gasteiger partial charge is 0.342 e. The fourth-order valence-corrected chi connectivity index (χ4v) is 5.15. The summed E-state index contributed by atoms with van der Waals surface area (Å²) in [6.07, 6.45) is 8.16. The van der Waals surface area contributed by atoms with Crippen molar-refractivity contribution in [2.45, 2.75) is 50.9 Å². The van der Waals surface area contributed by atoms with Gasteiger partial charge in [-0.3, -0.25) is 4.79 Å². The fourth-order valence-electron chi connectivity index (χ4n) is 4.06. The summed E-state index contributed by atoms with van der Waals surface area (Å²) in [5.74, 6) is 1.45. The first kappa shape index (κ1) is 15.1. The van der Waals surface area contributed by atoms with Crippen molar-refractivity contribution in [1.82, 2.24) is 9.88 Å². The van der Waals surface area contributed by atoms with Crippen LogP contribution in [0.1, 0.15) is 55.9 Å². The van der Waals surface area contributed by atoms with E-state index in [9.17, 15) is 4.79 Å². The summed E-state index contributed by atoms with van der Waals surface area (Å²) in [5.41, 5.74) is 1.10. The quantitative estimate of drug-likeness (QED) is 0.826. The van der Waals surface area contributed by atoms with Crippen LogP contribution in [0.2, 0.25) is 0 Å². The Hall–Kier alpha value is -1.42. The summed E-state index contributed by atoms with van der Waals surface area (Å²) in [6, 6.07) is 8.34. The van der Waals surface area contributed by atoms with E-state index in [1.165, 1.54) is 35.4 Å². The van der Waals surface area contributed by atoms with E-state index >= 15 is 0 Å². The van der Waals surface area contributed by atoms with Gasteiger partial charge in [-0.05, 0) is 43.7 Å². The third-order valence-electron chi connectivity index (χ3n) is 5.37. The van der Waals surface area contributed by atoms with Gasteiger partial charge >= 0.3 is 0 Å². The van der Waals surface area contributed by atoms with Crippen LogP contribution in [0.4, 0.5) is 0 Å². The third-order valence-corrected chi connectivity index (χ3v) is 6.57.